The minimum atomic E-state index is -0.0925. The number of carbonyl (C=O) groups excluding carboxylic acids is 1. The van der Waals surface area contributed by atoms with Crippen molar-refractivity contribution < 1.29 is 4.79 Å². The van der Waals surface area contributed by atoms with Gasteiger partial charge in [-0.15, -0.1) is 11.3 Å². The maximum atomic E-state index is 12.3. The van der Waals surface area contributed by atoms with E-state index in [1.807, 2.05) is 61.7 Å². The van der Waals surface area contributed by atoms with Gasteiger partial charge < -0.3 is 5.32 Å². The quantitative estimate of drug-likeness (QED) is 0.763. The van der Waals surface area contributed by atoms with Gasteiger partial charge in [0, 0.05) is 28.4 Å². The number of amides is 1. The fourth-order valence-corrected chi connectivity index (χ4v) is 2.79. The molecule has 1 amide bonds. The van der Waals surface area contributed by atoms with Crippen LogP contribution in [0.15, 0.2) is 54.0 Å². The van der Waals surface area contributed by atoms with Crippen molar-refractivity contribution in [1.82, 2.24) is 4.98 Å². The van der Waals surface area contributed by atoms with Gasteiger partial charge in [-0.3, -0.25) is 4.79 Å². The number of aryl methyl sites for hydroxylation is 2. The molecule has 0 atom stereocenters. The van der Waals surface area contributed by atoms with Crippen LogP contribution in [0.5, 0.6) is 0 Å². The number of hydrogen-bond acceptors (Lipinski definition) is 3. The third kappa shape index (κ3) is 3.07. The van der Waals surface area contributed by atoms with E-state index >= 15 is 0 Å². The number of hydrogen-bond donors (Lipinski definition) is 1. The Morgan fingerprint density at radius 2 is 1.82 bits per heavy atom. The molecule has 4 heteroatoms. The number of nitrogens with one attached hydrogen (secondary N) is 1. The second-order valence-electron chi connectivity index (χ2n) is 5.17. The molecule has 0 saturated heterocycles. The normalized spacial score (nSPS) is 10.5. The first kappa shape index (κ1) is 14.5. The van der Waals surface area contributed by atoms with Gasteiger partial charge in [0.05, 0.1) is 0 Å². The Bertz CT molecular complexity index is 792. The predicted molar refractivity (Wildman–Crippen MR) is 91.4 cm³/mol. The Morgan fingerprint density at radius 1 is 1.05 bits per heavy atom. The summed E-state index contributed by atoms with van der Waals surface area (Å²) >= 11 is 1.60. The van der Waals surface area contributed by atoms with E-state index in [4.69, 9.17) is 0 Å². The molecule has 3 aromatic rings. The molecule has 1 aromatic heterocycles. The van der Waals surface area contributed by atoms with Crippen molar-refractivity contribution in [2.45, 2.75) is 13.8 Å². The molecule has 0 unspecified atom stereocenters. The van der Waals surface area contributed by atoms with E-state index in [0.29, 0.717) is 5.56 Å². The standard InChI is InChI=1S/C18H16N2OS/c1-12-3-4-15(11-13(12)2)17(21)20-16-7-5-14(6-8-16)18-19-9-10-22-18/h3-11H,1-2H3,(H,20,21). The van der Waals surface area contributed by atoms with Crippen LogP contribution in [0.2, 0.25) is 0 Å². The second kappa shape index (κ2) is 6.12. The minimum Gasteiger partial charge on any atom is -0.322 e. The predicted octanol–water partition coefficient (Wildman–Crippen LogP) is 4.68. The van der Waals surface area contributed by atoms with E-state index in [0.717, 1.165) is 21.8 Å². The van der Waals surface area contributed by atoms with Gasteiger partial charge in [0.2, 0.25) is 0 Å². The van der Waals surface area contributed by atoms with Crippen molar-refractivity contribution >= 4 is 22.9 Å². The van der Waals surface area contributed by atoms with Crippen LogP contribution in [0.1, 0.15) is 21.5 Å². The molecule has 0 fully saturated rings. The van der Waals surface area contributed by atoms with Crippen molar-refractivity contribution in [2.24, 2.45) is 0 Å². The summed E-state index contributed by atoms with van der Waals surface area (Å²) in [6.45, 7) is 4.04. The summed E-state index contributed by atoms with van der Waals surface area (Å²) < 4.78 is 0. The largest absolute Gasteiger partial charge is 0.322 e. The van der Waals surface area contributed by atoms with E-state index in [9.17, 15) is 4.79 Å². The number of carbonyl (C=O) groups is 1. The SMILES string of the molecule is Cc1ccc(C(=O)Nc2ccc(-c3nccs3)cc2)cc1C. The first-order valence-electron chi connectivity index (χ1n) is 7.02. The highest BCUT2D eigenvalue weighted by molar-refractivity contribution is 7.13. The molecule has 0 aliphatic heterocycles. The molecule has 1 heterocycles. The fraction of sp³-hybridized carbons (Fsp3) is 0.111. The Kier molecular flexibility index (Phi) is 4.02. The summed E-state index contributed by atoms with van der Waals surface area (Å²) in [4.78, 5) is 16.5. The Morgan fingerprint density at radius 3 is 2.45 bits per heavy atom. The van der Waals surface area contributed by atoms with Gasteiger partial charge in [-0.05, 0) is 61.4 Å². The molecule has 0 aliphatic carbocycles. The molecular weight excluding hydrogens is 292 g/mol. The van der Waals surface area contributed by atoms with Crippen LogP contribution in [0.3, 0.4) is 0 Å². The lowest BCUT2D eigenvalue weighted by Gasteiger charge is -2.08. The summed E-state index contributed by atoms with van der Waals surface area (Å²) in [7, 11) is 0. The minimum absolute atomic E-state index is 0.0925. The molecule has 0 aliphatic rings. The van der Waals surface area contributed by atoms with Crippen molar-refractivity contribution in [3.05, 3.63) is 70.7 Å². The fourth-order valence-electron chi connectivity index (χ4n) is 2.15. The van der Waals surface area contributed by atoms with E-state index in [1.54, 1.807) is 17.5 Å². The Labute approximate surface area is 133 Å². The summed E-state index contributed by atoms with van der Waals surface area (Å²) in [6.07, 6.45) is 1.79. The molecule has 0 radical (unpaired) electrons. The zero-order valence-electron chi connectivity index (χ0n) is 12.5. The zero-order chi connectivity index (χ0) is 15.5. The van der Waals surface area contributed by atoms with E-state index in [2.05, 4.69) is 10.3 Å². The summed E-state index contributed by atoms with van der Waals surface area (Å²) in [5.74, 6) is -0.0925. The van der Waals surface area contributed by atoms with Crippen LogP contribution < -0.4 is 5.32 Å². The van der Waals surface area contributed by atoms with Crippen LogP contribution in [-0.4, -0.2) is 10.9 Å². The van der Waals surface area contributed by atoms with Crippen LogP contribution in [0.4, 0.5) is 5.69 Å². The van der Waals surface area contributed by atoms with Crippen molar-refractivity contribution in [2.75, 3.05) is 5.32 Å². The van der Waals surface area contributed by atoms with Crippen LogP contribution in [0, 0.1) is 13.8 Å². The molecule has 1 N–H and O–H groups in total. The van der Waals surface area contributed by atoms with Crippen molar-refractivity contribution in [1.29, 1.82) is 0 Å². The van der Waals surface area contributed by atoms with E-state index in [-0.39, 0.29) is 5.91 Å². The van der Waals surface area contributed by atoms with Crippen molar-refractivity contribution in [3.8, 4) is 10.6 Å². The zero-order valence-corrected chi connectivity index (χ0v) is 13.3. The van der Waals surface area contributed by atoms with Gasteiger partial charge in [-0.25, -0.2) is 4.98 Å². The van der Waals surface area contributed by atoms with Gasteiger partial charge in [-0.1, -0.05) is 6.07 Å². The van der Waals surface area contributed by atoms with Gasteiger partial charge in [-0.2, -0.15) is 0 Å². The lowest BCUT2D eigenvalue weighted by molar-refractivity contribution is 0.102. The first-order chi connectivity index (χ1) is 10.6. The molecule has 110 valence electrons. The monoisotopic (exact) mass is 308 g/mol. The summed E-state index contributed by atoms with van der Waals surface area (Å²) in [5.41, 5.74) is 4.81. The average Bonchev–Trinajstić information content (AvgIpc) is 3.05. The number of rotatable bonds is 3. The molecular formula is C18H16N2OS. The number of aromatic nitrogens is 1. The third-order valence-electron chi connectivity index (χ3n) is 3.59. The van der Waals surface area contributed by atoms with Crippen LogP contribution in [-0.2, 0) is 0 Å². The number of nitrogens with zero attached hydrogens (tertiary/aromatic N) is 1. The maximum absolute atomic E-state index is 12.3. The lowest BCUT2D eigenvalue weighted by Crippen LogP contribution is -2.12. The van der Waals surface area contributed by atoms with Crippen molar-refractivity contribution in [3.63, 3.8) is 0 Å². The maximum Gasteiger partial charge on any atom is 0.255 e. The topological polar surface area (TPSA) is 42.0 Å². The van der Waals surface area contributed by atoms with Gasteiger partial charge in [0.15, 0.2) is 0 Å². The molecule has 0 bridgehead atoms. The number of benzene rings is 2. The summed E-state index contributed by atoms with van der Waals surface area (Å²) in [5, 5.41) is 5.85. The number of anilines is 1. The van der Waals surface area contributed by atoms with E-state index in [1.165, 1.54) is 5.56 Å². The van der Waals surface area contributed by atoms with Gasteiger partial charge in [0.1, 0.15) is 5.01 Å². The molecule has 3 nitrogen and oxygen atoms in total. The third-order valence-corrected chi connectivity index (χ3v) is 4.41. The molecule has 3 rings (SSSR count). The molecule has 0 spiro atoms. The molecule has 0 saturated carbocycles. The second-order valence-corrected chi connectivity index (χ2v) is 6.06. The Balaban J connectivity index is 1.75. The number of thiazole rings is 1. The van der Waals surface area contributed by atoms with Gasteiger partial charge in [0.25, 0.3) is 5.91 Å². The summed E-state index contributed by atoms with van der Waals surface area (Å²) in [6, 6.07) is 13.5. The first-order valence-corrected chi connectivity index (χ1v) is 7.90. The molecule has 22 heavy (non-hydrogen) atoms. The Hall–Kier alpha value is -2.46. The highest BCUT2D eigenvalue weighted by Crippen LogP contribution is 2.23. The average molecular weight is 308 g/mol. The smallest absolute Gasteiger partial charge is 0.255 e. The van der Waals surface area contributed by atoms with Crippen LogP contribution in [0.25, 0.3) is 10.6 Å². The van der Waals surface area contributed by atoms with Gasteiger partial charge >= 0.3 is 0 Å². The van der Waals surface area contributed by atoms with Crippen LogP contribution >= 0.6 is 11.3 Å². The highest BCUT2D eigenvalue weighted by atomic mass is 32.1. The lowest BCUT2D eigenvalue weighted by atomic mass is 10.1. The van der Waals surface area contributed by atoms with E-state index < -0.39 is 0 Å². The highest BCUT2D eigenvalue weighted by Gasteiger charge is 2.07. The molecule has 2 aromatic carbocycles.